The predicted molar refractivity (Wildman–Crippen MR) is 115 cm³/mol. The zero-order valence-corrected chi connectivity index (χ0v) is 17.5. The number of benzene rings is 2. The molecule has 0 unspecified atom stereocenters. The fourth-order valence-electron chi connectivity index (χ4n) is 3.11. The Morgan fingerprint density at radius 2 is 1.97 bits per heavy atom. The molecule has 9 heteroatoms. The topological polar surface area (TPSA) is 88.5 Å². The number of amides is 1. The van der Waals surface area contributed by atoms with Gasteiger partial charge in [-0.3, -0.25) is 9.89 Å². The Balaban J connectivity index is 1.38. The molecule has 4 aromatic rings. The molecule has 148 valence electrons. The molecule has 1 amide bonds. The van der Waals surface area contributed by atoms with E-state index in [4.69, 9.17) is 11.6 Å². The van der Waals surface area contributed by atoms with Gasteiger partial charge in [-0.2, -0.15) is 0 Å². The Labute approximate surface area is 176 Å². The van der Waals surface area contributed by atoms with E-state index in [1.807, 2.05) is 61.0 Å². The van der Waals surface area contributed by atoms with Gasteiger partial charge in [-0.1, -0.05) is 47.6 Å². The van der Waals surface area contributed by atoms with E-state index in [1.165, 1.54) is 11.8 Å². The first-order valence-corrected chi connectivity index (χ1v) is 10.4. The van der Waals surface area contributed by atoms with Crippen molar-refractivity contribution in [1.82, 2.24) is 30.0 Å². The van der Waals surface area contributed by atoms with Crippen LogP contribution in [0.15, 0.2) is 53.7 Å². The van der Waals surface area contributed by atoms with Crippen molar-refractivity contribution in [3.63, 3.8) is 0 Å². The summed E-state index contributed by atoms with van der Waals surface area (Å²) >= 11 is 7.45. The maximum Gasteiger partial charge on any atom is 0.231 e. The van der Waals surface area contributed by atoms with Crippen LogP contribution in [0, 0.1) is 0 Å². The van der Waals surface area contributed by atoms with Crippen molar-refractivity contribution in [2.45, 2.75) is 18.1 Å². The standard InChI is InChI=1S/C20H19ClN6OS/c1-12(19-23-15-9-5-6-10-16(15)27(19)2)22-17(28)11-29-20-24-18(25-26-20)13-7-3-4-8-14(13)21/h3-10,12H,11H2,1-2H3,(H,22,28)(H,24,25,26)/t12-/m1/s1. The minimum absolute atomic E-state index is 0.112. The number of aromatic amines is 1. The van der Waals surface area contributed by atoms with Crippen molar-refractivity contribution in [3.05, 3.63) is 59.4 Å². The number of carbonyl (C=O) groups excluding carboxylic acids is 1. The summed E-state index contributed by atoms with van der Waals surface area (Å²) in [5.74, 6) is 1.47. The molecule has 0 saturated carbocycles. The van der Waals surface area contributed by atoms with E-state index in [2.05, 4.69) is 25.5 Å². The van der Waals surface area contributed by atoms with Crippen molar-refractivity contribution in [3.8, 4) is 11.4 Å². The second-order valence-corrected chi connectivity index (χ2v) is 7.89. The number of thioether (sulfide) groups is 1. The molecule has 2 aromatic carbocycles. The summed E-state index contributed by atoms with van der Waals surface area (Å²) in [6.07, 6.45) is 0. The number of fused-ring (bicyclic) bond motifs is 1. The fraction of sp³-hybridized carbons (Fsp3) is 0.200. The predicted octanol–water partition coefficient (Wildman–Crippen LogP) is 3.98. The van der Waals surface area contributed by atoms with Gasteiger partial charge in [-0.25, -0.2) is 9.97 Å². The summed E-state index contributed by atoms with van der Waals surface area (Å²) in [6.45, 7) is 1.92. The van der Waals surface area contributed by atoms with Gasteiger partial charge in [0.1, 0.15) is 5.82 Å². The number of nitrogens with one attached hydrogen (secondary N) is 2. The van der Waals surface area contributed by atoms with Crippen LogP contribution in [0.5, 0.6) is 0 Å². The number of aromatic nitrogens is 5. The third-order valence-electron chi connectivity index (χ3n) is 4.51. The molecule has 4 rings (SSSR count). The minimum atomic E-state index is -0.216. The highest BCUT2D eigenvalue weighted by molar-refractivity contribution is 7.99. The van der Waals surface area contributed by atoms with Gasteiger partial charge in [-0.15, -0.1) is 5.10 Å². The maximum absolute atomic E-state index is 12.4. The molecule has 0 radical (unpaired) electrons. The molecule has 0 fully saturated rings. The van der Waals surface area contributed by atoms with Crippen molar-refractivity contribution in [1.29, 1.82) is 0 Å². The molecular weight excluding hydrogens is 408 g/mol. The lowest BCUT2D eigenvalue weighted by Gasteiger charge is -2.13. The van der Waals surface area contributed by atoms with Crippen molar-refractivity contribution < 1.29 is 4.79 Å². The zero-order valence-electron chi connectivity index (χ0n) is 15.9. The molecule has 0 spiro atoms. The van der Waals surface area contributed by atoms with Gasteiger partial charge in [-0.05, 0) is 31.2 Å². The van der Waals surface area contributed by atoms with Crippen molar-refractivity contribution in [2.24, 2.45) is 7.05 Å². The molecule has 2 heterocycles. The molecule has 7 nitrogen and oxygen atoms in total. The average molecular weight is 427 g/mol. The van der Waals surface area contributed by atoms with Crippen LogP contribution in [0.3, 0.4) is 0 Å². The summed E-state index contributed by atoms with van der Waals surface area (Å²) in [6, 6.07) is 15.1. The van der Waals surface area contributed by atoms with Crippen molar-refractivity contribution >= 4 is 40.3 Å². The molecule has 29 heavy (non-hydrogen) atoms. The number of aryl methyl sites for hydroxylation is 1. The summed E-state index contributed by atoms with van der Waals surface area (Å²) in [7, 11) is 1.95. The number of carbonyl (C=O) groups is 1. The van der Waals surface area contributed by atoms with Crippen LogP contribution in [0.25, 0.3) is 22.4 Å². The lowest BCUT2D eigenvalue weighted by atomic mass is 10.2. The van der Waals surface area contributed by atoms with Crippen LogP contribution in [0.4, 0.5) is 0 Å². The highest BCUT2D eigenvalue weighted by atomic mass is 35.5. The Kier molecular flexibility index (Phi) is 5.55. The Morgan fingerprint density at radius 3 is 2.76 bits per heavy atom. The molecule has 0 aliphatic heterocycles. The van der Waals surface area contributed by atoms with Crippen LogP contribution >= 0.6 is 23.4 Å². The molecule has 2 N–H and O–H groups in total. The number of halogens is 1. The van der Waals surface area contributed by atoms with Crippen LogP contribution in [-0.4, -0.2) is 36.4 Å². The second kappa shape index (κ2) is 8.26. The van der Waals surface area contributed by atoms with E-state index in [1.54, 1.807) is 6.07 Å². The van der Waals surface area contributed by atoms with Crippen LogP contribution < -0.4 is 5.32 Å². The lowest BCUT2D eigenvalue weighted by molar-refractivity contribution is -0.119. The maximum atomic E-state index is 12.4. The summed E-state index contributed by atoms with van der Waals surface area (Å²) in [4.78, 5) is 21.4. The Hall–Kier alpha value is -2.84. The van der Waals surface area contributed by atoms with E-state index in [0.717, 1.165) is 22.4 Å². The monoisotopic (exact) mass is 426 g/mol. The van der Waals surface area contributed by atoms with E-state index in [0.29, 0.717) is 16.0 Å². The first-order chi connectivity index (χ1) is 14.0. The van der Waals surface area contributed by atoms with E-state index < -0.39 is 0 Å². The fourth-order valence-corrected chi connectivity index (χ4v) is 3.95. The molecule has 0 aliphatic rings. The average Bonchev–Trinajstić information content (AvgIpc) is 3.32. The van der Waals surface area contributed by atoms with Gasteiger partial charge in [0.05, 0.1) is 27.9 Å². The largest absolute Gasteiger partial charge is 0.346 e. The van der Waals surface area contributed by atoms with E-state index in [-0.39, 0.29) is 17.7 Å². The number of nitrogens with zero attached hydrogens (tertiary/aromatic N) is 4. The number of H-pyrrole nitrogens is 1. The third kappa shape index (κ3) is 4.13. The summed E-state index contributed by atoms with van der Waals surface area (Å²) < 4.78 is 2.00. The van der Waals surface area contributed by atoms with Gasteiger partial charge in [0.25, 0.3) is 0 Å². The van der Waals surface area contributed by atoms with Gasteiger partial charge < -0.3 is 9.88 Å². The normalized spacial score (nSPS) is 12.2. The van der Waals surface area contributed by atoms with Crippen LogP contribution in [0.1, 0.15) is 18.8 Å². The molecular formula is C20H19ClN6OS. The Bertz CT molecular complexity index is 1170. The number of rotatable bonds is 6. The van der Waals surface area contributed by atoms with Gasteiger partial charge in [0.2, 0.25) is 11.1 Å². The molecule has 2 aromatic heterocycles. The zero-order chi connectivity index (χ0) is 20.4. The van der Waals surface area contributed by atoms with Gasteiger partial charge in [0.15, 0.2) is 5.82 Å². The lowest BCUT2D eigenvalue weighted by Crippen LogP contribution is -2.29. The minimum Gasteiger partial charge on any atom is -0.346 e. The summed E-state index contributed by atoms with van der Waals surface area (Å²) in [5, 5.41) is 11.1. The first-order valence-electron chi connectivity index (χ1n) is 9.03. The smallest absolute Gasteiger partial charge is 0.231 e. The van der Waals surface area contributed by atoms with Crippen LogP contribution in [0.2, 0.25) is 5.02 Å². The second-order valence-electron chi connectivity index (χ2n) is 6.54. The highest BCUT2D eigenvalue weighted by Gasteiger charge is 2.17. The SMILES string of the molecule is C[C@@H](NC(=O)CSc1n[nH]c(-c2ccccc2Cl)n1)c1nc2ccccc2n1C. The summed E-state index contributed by atoms with van der Waals surface area (Å²) in [5.41, 5.74) is 2.72. The molecule has 0 saturated heterocycles. The van der Waals surface area contributed by atoms with Gasteiger partial charge >= 0.3 is 0 Å². The third-order valence-corrected chi connectivity index (χ3v) is 5.69. The quantitative estimate of drug-likeness (QED) is 0.455. The number of hydrogen-bond acceptors (Lipinski definition) is 5. The first kappa shape index (κ1) is 19.5. The molecule has 0 bridgehead atoms. The molecule has 1 atom stereocenters. The number of hydrogen-bond donors (Lipinski definition) is 2. The van der Waals surface area contributed by atoms with E-state index in [9.17, 15) is 4.79 Å². The number of imidazole rings is 1. The van der Waals surface area contributed by atoms with Crippen molar-refractivity contribution in [2.75, 3.05) is 5.75 Å². The van der Waals surface area contributed by atoms with Crippen LogP contribution in [-0.2, 0) is 11.8 Å². The highest BCUT2D eigenvalue weighted by Crippen LogP contribution is 2.26. The van der Waals surface area contributed by atoms with E-state index >= 15 is 0 Å². The Morgan fingerprint density at radius 1 is 1.21 bits per heavy atom. The van der Waals surface area contributed by atoms with Gasteiger partial charge in [0, 0.05) is 12.6 Å². The number of para-hydroxylation sites is 2. The molecule has 0 aliphatic carbocycles.